The Kier molecular flexibility index (Phi) is 6.24. The molecule has 27 heavy (non-hydrogen) atoms. The summed E-state index contributed by atoms with van der Waals surface area (Å²) in [6.45, 7) is 4.28. The van der Waals surface area contributed by atoms with Gasteiger partial charge >= 0.3 is 0 Å². The first-order chi connectivity index (χ1) is 13.1. The third-order valence-corrected chi connectivity index (χ3v) is 5.37. The summed E-state index contributed by atoms with van der Waals surface area (Å²) in [6.07, 6.45) is 0.955. The van der Waals surface area contributed by atoms with Gasteiger partial charge in [0.05, 0.1) is 17.7 Å². The zero-order valence-electron chi connectivity index (χ0n) is 15.6. The fourth-order valence-electron chi connectivity index (χ4n) is 3.01. The van der Waals surface area contributed by atoms with E-state index in [0.29, 0.717) is 17.7 Å². The Morgan fingerprint density at radius 1 is 1.15 bits per heavy atom. The average Bonchev–Trinajstić information content (AvgIpc) is 3.28. The predicted octanol–water partition coefficient (Wildman–Crippen LogP) is 2.48. The van der Waals surface area contributed by atoms with Gasteiger partial charge < -0.3 is 10.2 Å². The predicted molar refractivity (Wildman–Crippen MR) is 108 cm³/mol. The molecule has 0 radical (unpaired) electrons. The summed E-state index contributed by atoms with van der Waals surface area (Å²) in [5.74, 6) is 0.314. The third-order valence-electron chi connectivity index (χ3n) is 4.43. The van der Waals surface area contributed by atoms with E-state index in [0.717, 1.165) is 25.5 Å². The van der Waals surface area contributed by atoms with Gasteiger partial charge in [0, 0.05) is 31.6 Å². The maximum Gasteiger partial charge on any atom is 0.261 e. The molecule has 1 N–H and O–H groups in total. The number of carbonyl (C=O) groups is 2. The van der Waals surface area contributed by atoms with E-state index >= 15 is 0 Å². The molecule has 1 aromatic heterocycles. The Labute approximate surface area is 163 Å². The lowest BCUT2D eigenvalue weighted by atomic mass is 10.1. The number of fused-ring (bicyclic) bond motifs is 1. The van der Waals surface area contributed by atoms with E-state index in [9.17, 15) is 9.59 Å². The number of guanidine groups is 1. The zero-order valence-corrected chi connectivity index (χ0v) is 16.5. The molecular weight excluding hydrogens is 360 g/mol. The Balaban J connectivity index is 1.59. The summed E-state index contributed by atoms with van der Waals surface area (Å²) >= 11 is 1.75. The summed E-state index contributed by atoms with van der Waals surface area (Å²) in [7, 11) is 2.00. The van der Waals surface area contributed by atoms with Crippen molar-refractivity contribution < 1.29 is 9.59 Å². The molecule has 0 atom stereocenters. The number of rotatable bonds is 7. The van der Waals surface area contributed by atoms with Crippen molar-refractivity contribution in [3.05, 3.63) is 57.8 Å². The fourth-order valence-corrected chi connectivity index (χ4v) is 3.70. The van der Waals surface area contributed by atoms with Crippen LogP contribution >= 0.6 is 11.3 Å². The highest BCUT2D eigenvalue weighted by atomic mass is 32.1. The second-order valence-corrected chi connectivity index (χ2v) is 7.33. The Morgan fingerprint density at radius 2 is 1.85 bits per heavy atom. The van der Waals surface area contributed by atoms with E-state index in [2.05, 4.69) is 32.7 Å². The molecule has 0 aliphatic carbocycles. The van der Waals surface area contributed by atoms with Crippen LogP contribution in [0.15, 0.2) is 46.8 Å². The van der Waals surface area contributed by atoms with Crippen LogP contribution in [-0.2, 0) is 6.42 Å². The van der Waals surface area contributed by atoms with Crippen LogP contribution in [0.1, 0.15) is 32.5 Å². The molecule has 1 aliphatic rings. The zero-order chi connectivity index (χ0) is 19.2. The molecule has 1 aliphatic heterocycles. The molecule has 0 saturated heterocycles. The van der Waals surface area contributed by atoms with Crippen molar-refractivity contribution in [2.45, 2.75) is 13.3 Å². The lowest BCUT2D eigenvalue weighted by Gasteiger charge is -2.22. The number of hydrogen-bond acceptors (Lipinski definition) is 4. The first kappa shape index (κ1) is 19.1. The molecule has 2 amide bonds. The molecule has 0 unspecified atom stereocenters. The SMILES string of the molecule is CCNC(=NCCN1C(=O)c2ccccc2C1=O)N(C)CCc1cccs1. The van der Waals surface area contributed by atoms with Crippen molar-refractivity contribution in [2.24, 2.45) is 4.99 Å². The normalized spacial score (nSPS) is 13.9. The number of nitrogens with one attached hydrogen (secondary N) is 1. The minimum absolute atomic E-state index is 0.234. The molecule has 142 valence electrons. The van der Waals surface area contributed by atoms with Crippen LogP contribution < -0.4 is 5.32 Å². The molecule has 7 heteroatoms. The van der Waals surface area contributed by atoms with Gasteiger partial charge in [0.25, 0.3) is 11.8 Å². The maximum absolute atomic E-state index is 12.4. The molecule has 2 heterocycles. The van der Waals surface area contributed by atoms with Crippen molar-refractivity contribution in [3.63, 3.8) is 0 Å². The number of amides is 2. The number of imide groups is 1. The molecule has 0 saturated carbocycles. The largest absolute Gasteiger partial charge is 0.357 e. The van der Waals surface area contributed by atoms with Crippen molar-refractivity contribution in [2.75, 3.05) is 33.2 Å². The number of hydrogen-bond donors (Lipinski definition) is 1. The third kappa shape index (κ3) is 4.36. The van der Waals surface area contributed by atoms with Gasteiger partial charge in [0.15, 0.2) is 5.96 Å². The van der Waals surface area contributed by atoms with Crippen molar-refractivity contribution in [3.8, 4) is 0 Å². The summed E-state index contributed by atoms with van der Waals surface area (Å²) in [6, 6.07) is 11.1. The van der Waals surface area contributed by atoms with Crippen LogP contribution in [0.25, 0.3) is 0 Å². The number of thiophene rings is 1. The Hall–Kier alpha value is -2.67. The molecule has 0 bridgehead atoms. The summed E-state index contributed by atoms with van der Waals surface area (Å²) in [5.41, 5.74) is 0.956. The van der Waals surface area contributed by atoms with Crippen LogP contribution in [-0.4, -0.2) is 60.8 Å². The van der Waals surface area contributed by atoms with Crippen LogP contribution in [0, 0.1) is 0 Å². The quantitative estimate of drug-likeness (QED) is 0.453. The van der Waals surface area contributed by atoms with E-state index in [1.807, 2.05) is 14.0 Å². The number of likely N-dealkylation sites (N-methyl/N-ethyl adjacent to an activating group) is 1. The number of nitrogens with zero attached hydrogens (tertiary/aromatic N) is 3. The minimum Gasteiger partial charge on any atom is -0.357 e. The van der Waals surface area contributed by atoms with Crippen molar-refractivity contribution in [1.29, 1.82) is 0 Å². The molecule has 3 rings (SSSR count). The summed E-state index contributed by atoms with van der Waals surface area (Å²) in [5, 5.41) is 5.35. The Bertz CT molecular complexity index is 797. The molecule has 0 spiro atoms. The topological polar surface area (TPSA) is 65.0 Å². The Morgan fingerprint density at radius 3 is 2.44 bits per heavy atom. The summed E-state index contributed by atoms with van der Waals surface area (Å²) in [4.78, 5) is 34.1. The lowest BCUT2D eigenvalue weighted by molar-refractivity contribution is 0.0659. The highest BCUT2D eigenvalue weighted by Gasteiger charge is 2.34. The number of carbonyl (C=O) groups excluding carboxylic acids is 2. The van der Waals surface area contributed by atoms with Gasteiger partial charge in [0.2, 0.25) is 0 Å². The maximum atomic E-state index is 12.4. The fraction of sp³-hybridized carbons (Fsp3) is 0.350. The van der Waals surface area contributed by atoms with Crippen LogP contribution in [0.2, 0.25) is 0 Å². The first-order valence-corrected chi connectivity index (χ1v) is 9.96. The van der Waals surface area contributed by atoms with Crippen molar-refractivity contribution in [1.82, 2.24) is 15.1 Å². The van der Waals surface area contributed by atoms with Gasteiger partial charge in [-0.15, -0.1) is 11.3 Å². The molecule has 6 nitrogen and oxygen atoms in total. The first-order valence-electron chi connectivity index (χ1n) is 9.09. The molecule has 1 aromatic carbocycles. The van der Waals surface area contributed by atoms with Gasteiger partial charge in [-0.05, 0) is 36.9 Å². The van der Waals surface area contributed by atoms with Gasteiger partial charge in [-0.1, -0.05) is 18.2 Å². The second-order valence-electron chi connectivity index (χ2n) is 6.29. The number of benzene rings is 1. The average molecular weight is 385 g/mol. The molecule has 2 aromatic rings. The van der Waals surface area contributed by atoms with Gasteiger partial charge in [-0.25, -0.2) is 0 Å². The smallest absolute Gasteiger partial charge is 0.261 e. The van der Waals surface area contributed by atoms with E-state index < -0.39 is 0 Å². The van der Waals surface area contributed by atoms with Gasteiger partial charge in [0.1, 0.15) is 0 Å². The lowest BCUT2D eigenvalue weighted by Crippen LogP contribution is -2.40. The van der Waals surface area contributed by atoms with Gasteiger partial charge in [-0.3, -0.25) is 19.5 Å². The minimum atomic E-state index is -0.234. The highest BCUT2D eigenvalue weighted by molar-refractivity contribution is 7.09. The van der Waals surface area contributed by atoms with E-state index in [1.165, 1.54) is 9.78 Å². The van der Waals surface area contributed by atoms with Crippen LogP contribution in [0.3, 0.4) is 0 Å². The standard InChI is InChI=1S/C20H24N4O2S/c1-3-21-20(23(2)12-10-15-7-6-14-27-15)22-11-13-24-18(25)16-8-4-5-9-17(16)19(24)26/h4-9,14H,3,10-13H2,1-2H3,(H,21,22). The number of aliphatic imine (C=N–C) groups is 1. The second kappa shape index (κ2) is 8.81. The van der Waals surface area contributed by atoms with Crippen LogP contribution in [0.5, 0.6) is 0 Å². The monoisotopic (exact) mass is 384 g/mol. The molecular formula is C20H24N4O2S. The van der Waals surface area contributed by atoms with E-state index in [-0.39, 0.29) is 18.4 Å². The van der Waals surface area contributed by atoms with Crippen molar-refractivity contribution >= 4 is 29.1 Å². The highest BCUT2D eigenvalue weighted by Crippen LogP contribution is 2.21. The van der Waals surface area contributed by atoms with Crippen LogP contribution in [0.4, 0.5) is 0 Å². The van der Waals surface area contributed by atoms with E-state index in [1.54, 1.807) is 35.6 Å². The summed E-state index contributed by atoms with van der Waals surface area (Å²) < 4.78 is 0. The molecule has 0 fully saturated rings. The van der Waals surface area contributed by atoms with Gasteiger partial charge in [-0.2, -0.15) is 0 Å². The van der Waals surface area contributed by atoms with E-state index in [4.69, 9.17) is 0 Å².